The lowest BCUT2D eigenvalue weighted by molar-refractivity contribution is 0.00641. The quantitative estimate of drug-likeness (QED) is 0.794. The average molecular weight is 304 g/mol. The molecule has 6 nitrogen and oxygen atoms in total. The first-order valence-electron chi connectivity index (χ1n) is 7.02. The Morgan fingerprint density at radius 2 is 1.85 bits per heavy atom. The zero-order valence-electron chi connectivity index (χ0n) is 12.5. The SMILES string of the molecule is C[C@@H]1C[C@H]2C[C@@H](S(N)(=O)=O)C[C@@H]1N2C(=O)OC(C)(C)C. The standard InChI is InChI=1S/C13H24N2O4S/c1-8-5-9-6-10(20(14,17)18)7-11(8)15(9)12(16)19-13(2,3)4/h8-11H,5-7H2,1-4H3,(H2,14,17,18)/t8-,9+,10-,11+/m1/s1. The molecule has 116 valence electrons. The van der Waals surface area contributed by atoms with Crippen molar-refractivity contribution >= 4 is 16.1 Å². The molecular weight excluding hydrogens is 280 g/mol. The van der Waals surface area contributed by atoms with E-state index in [0.29, 0.717) is 12.8 Å². The summed E-state index contributed by atoms with van der Waals surface area (Å²) in [6.07, 6.45) is 1.30. The number of hydrogen-bond donors (Lipinski definition) is 1. The number of fused-ring (bicyclic) bond motifs is 2. The van der Waals surface area contributed by atoms with Crippen molar-refractivity contribution in [3.05, 3.63) is 0 Å². The van der Waals surface area contributed by atoms with Crippen LogP contribution in [0.15, 0.2) is 0 Å². The van der Waals surface area contributed by atoms with Gasteiger partial charge < -0.3 is 9.64 Å². The maximum absolute atomic E-state index is 12.3. The molecule has 0 aromatic rings. The maximum atomic E-state index is 12.3. The van der Waals surface area contributed by atoms with Gasteiger partial charge in [-0.15, -0.1) is 0 Å². The molecule has 20 heavy (non-hydrogen) atoms. The molecular formula is C13H24N2O4S. The Labute approximate surface area is 120 Å². The Bertz CT molecular complexity index is 497. The number of sulfonamides is 1. The predicted molar refractivity (Wildman–Crippen MR) is 75.6 cm³/mol. The van der Waals surface area contributed by atoms with Crippen LogP contribution in [0.3, 0.4) is 0 Å². The van der Waals surface area contributed by atoms with Crippen molar-refractivity contribution in [2.24, 2.45) is 11.1 Å². The Kier molecular flexibility index (Phi) is 3.79. The summed E-state index contributed by atoms with van der Waals surface area (Å²) in [6, 6.07) is -0.172. The minimum Gasteiger partial charge on any atom is -0.444 e. The fourth-order valence-corrected chi connectivity index (χ4v) is 4.29. The molecule has 0 aliphatic carbocycles. The number of piperidine rings is 1. The number of primary sulfonamides is 1. The number of carbonyl (C=O) groups is 1. The molecule has 0 aromatic heterocycles. The molecule has 0 aromatic carbocycles. The second kappa shape index (κ2) is 4.87. The molecule has 2 rings (SSSR count). The van der Waals surface area contributed by atoms with E-state index in [0.717, 1.165) is 6.42 Å². The summed E-state index contributed by atoms with van der Waals surface area (Å²) in [4.78, 5) is 14.0. The number of hydrogen-bond acceptors (Lipinski definition) is 4. The van der Waals surface area contributed by atoms with Crippen molar-refractivity contribution in [3.8, 4) is 0 Å². The van der Waals surface area contributed by atoms with E-state index in [2.05, 4.69) is 0 Å². The third kappa shape index (κ3) is 3.09. The second-order valence-electron chi connectivity index (χ2n) is 7.00. The summed E-state index contributed by atoms with van der Waals surface area (Å²) < 4.78 is 28.6. The van der Waals surface area contributed by atoms with Crippen LogP contribution in [0.2, 0.25) is 0 Å². The topological polar surface area (TPSA) is 89.7 Å². The summed E-state index contributed by atoms with van der Waals surface area (Å²) >= 11 is 0. The van der Waals surface area contributed by atoms with Crippen LogP contribution in [-0.2, 0) is 14.8 Å². The molecule has 4 atom stereocenters. The van der Waals surface area contributed by atoms with Gasteiger partial charge in [0.05, 0.1) is 5.25 Å². The molecule has 2 saturated heterocycles. The van der Waals surface area contributed by atoms with Gasteiger partial charge in [-0.1, -0.05) is 6.92 Å². The lowest BCUT2D eigenvalue weighted by Gasteiger charge is -2.39. The fourth-order valence-electron chi connectivity index (χ4n) is 3.34. The van der Waals surface area contributed by atoms with Crippen molar-refractivity contribution in [2.45, 2.75) is 69.9 Å². The van der Waals surface area contributed by atoms with Gasteiger partial charge in [0.1, 0.15) is 5.60 Å². The van der Waals surface area contributed by atoms with E-state index in [1.165, 1.54) is 0 Å². The van der Waals surface area contributed by atoms with Gasteiger partial charge in [-0.25, -0.2) is 18.4 Å². The molecule has 2 aliphatic heterocycles. The van der Waals surface area contributed by atoms with E-state index < -0.39 is 20.9 Å². The van der Waals surface area contributed by atoms with E-state index in [1.54, 1.807) is 4.90 Å². The molecule has 7 heteroatoms. The smallest absolute Gasteiger partial charge is 0.410 e. The van der Waals surface area contributed by atoms with Gasteiger partial charge in [0.2, 0.25) is 10.0 Å². The molecule has 0 spiro atoms. The first-order chi connectivity index (χ1) is 8.99. The molecule has 0 radical (unpaired) electrons. The van der Waals surface area contributed by atoms with Crippen LogP contribution < -0.4 is 5.14 Å². The zero-order chi connectivity index (χ0) is 15.3. The number of carbonyl (C=O) groups excluding carboxylic acids is 1. The van der Waals surface area contributed by atoms with Crippen molar-refractivity contribution in [1.82, 2.24) is 4.90 Å². The van der Waals surface area contributed by atoms with E-state index >= 15 is 0 Å². The van der Waals surface area contributed by atoms with Gasteiger partial charge in [-0.05, 0) is 46.0 Å². The third-order valence-corrected chi connectivity index (χ3v) is 5.47. The number of amides is 1. The molecule has 2 N–H and O–H groups in total. The molecule has 1 amide bonds. The van der Waals surface area contributed by atoms with Gasteiger partial charge in [0, 0.05) is 12.1 Å². The number of rotatable bonds is 1. The van der Waals surface area contributed by atoms with Crippen molar-refractivity contribution in [3.63, 3.8) is 0 Å². The van der Waals surface area contributed by atoms with Gasteiger partial charge in [0.15, 0.2) is 0 Å². The molecule has 0 saturated carbocycles. The fraction of sp³-hybridized carbons (Fsp3) is 0.923. The Morgan fingerprint density at radius 3 is 2.30 bits per heavy atom. The molecule has 0 unspecified atom stereocenters. The van der Waals surface area contributed by atoms with Crippen LogP contribution in [0.25, 0.3) is 0 Å². The zero-order valence-corrected chi connectivity index (χ0v) is 13.3. The van der Waals surface area contributed by atoms with Crippen molar-refractivity contribution in [2.75, 3.05) is 0 Å². The molecule has 2 aliphatic rings. The highest BCUT2D eigenvalue weighted by atomic mass is 32.2. The first kappa shape index (κ1) is 15.6. The summed E-state index contributed by atoms with van der Waals surface area (Å²) in [5.41, 5.74) is -0.545. The van der Waals surface area contributed by atoms with E-state index in [9.17, 15) is 13.2 Å². The van der Waals surface area contributed by atoms with Crippen LogP contribution in [0.5, 0.6) is 0 Å². The third-order valence-electron chi connectivity index (χ3n) is 4.16. The highest BCUT2D eigenvalue weighted by Gasteiger charge is 2.50. The average Bonchev–Trinajstić information content (AvgIpc) is 2.42. The van der Waals surface area contributed by atoms with E-state index in [1.807, 2.05) is 27.7 Å². The number of ether oxygens (including phenoxy) is 1. The first-order valence-corrected chi connectivity index (χ1v) is 8.63. The van der Waals surface area contributed by atoms with Gasteiger partial charge in [0.25, 0.3) is 0 Å². The second-order valence-corrected chi connectivity index (χ2v) is 8.85. The van der Waals surface area contributed by atoms with Crippen molar-refractivity contribution in [1.29, 1.82) is 0 Å². The van der Waals surface area contributed by atoms with Gasteiger partial charge in [-0.2, -0.15) is 0 Å². The molecule has 2 bridgehead atoms. The van der Waals surface area contributed by atoms with E-state index in [4.69, 9.17) is 9.88 Å². The van der Waals surface area contributed by atoms with Crippen LogP contribution in [0.1, 0.15) is 47.0 Å². The predicted octanol–water partition coefficient (Wildman–Crippen LogP) is 1.45. The van der Waals surface area contributed by atoms with Crippen LogP contribution in [0.4, 0.5) is 4.79 Å². The summed E-state index contributed by atoms with van der Waals surface area (Å²) in [5, 5.41) is 4.73. The minimum atomic E-state index is -3.54. The Hall–Kier alpha value is -0.820. The molecule has 2 fully saturated rings. The maximum Gasteiger partial charge on any atom is 0.410 e. The van der Waals surface area contributed by atoms with Crippen LogP contribution in [0, 0.1) is 5.92 Å². The Balaban J connectivity index is 2.17. The monoisotopic (exact) mass is 304 g/mol. The highest BCUT2D eigenvalue weighted by Crippen LogP contribution is 2.41. The normalized spacial score (nSPS) is 34.1. The van der Waals surface area contributed by atoms with Crippen LogP contribution in [-0.4, -0.2) is 42.3 Å². The summed E-state index contributed by atoms with van der Waals surface area (Å²) in [5.74, 6) is 0.277. The van der Waals surface area contributed by atoms with Crippen LogP contribution >= 0.6 is 0 Å². The minimum absolute atomic E-state index is 0.0816. The molecule has 2 heterocycles. The Morgan fingerprint density at radius 1 is 1.25 bits per heavy atom. The lowest BCUT2D eigenvalue weighted by Crippen LogP contribution is -2.52. The van der Waals surface area contributed by atoms with Crippen molar-refractivity contribution < 1.29 is 17.9 Å². The lowest BCUT2D eigenvalue weighted by atomic mass is 9.99. The van der Waals surface area contributed by atoms with Gasteiger partial charge >= 0.3 is 6.09 Å². The number of nitrogens with two attached hydrogens (primary N) is 1. The summed E-state index contributed by atoms with van der Waals surface area (Å²) in [6.45, 7) is 7.53. The van der Waals surface area contributed by atoms with E-state index in [-0.39, 0.29) is 24.1 Å². The van der Waals surface area contributed by atoms with Gasteiger partial charge in [-0.3, -0.25) is 0 Å². The highest BCUT2D eigenvalue weighted by molar-refractivity contribution is 7.89. The number of nitrogens with zero attached hydrogens (tertiary/aromatic N) is 1. The summed E-state index contributed by atoms with van der Waals surface area (Å²) in [7, 11) is -3.54. The largest absolute Gasteiger partial charge is 0.444 e.